The second kappa shape index (κ2) is 6.38. The molecular weight excluding hydrogens is 220 g/mol. The fourth-order valence-corrected chi connectivity index (χ4v) is 3.07. The quantitative estimate of drug-likeness (QED) is 0.821. The third-order valence-corrected chi connectivity index (χ3v) is 4.13. The van der Waals surface area contributed by atoms with Crippen LogP contribution in [-0.2, 0) is 6.42 Å². The Balaban J connectivity index is 1.94. The molecule has 0 spiro atoms. The van der Waals surface area contributed by atoms with Gasteiger partial charge in [0.2, 0.25) is 0 Å². The molecule has 1 heteroatoms. The molecule has 1 aromatic rings. The summed E-state index contributed by atoms with van der Waals surface area (Å²) >= 11 is 0. The largest absolute Gasteiger partial charge is 0.393 e. The first kappa shape index (κ1) is 13.6. The van der Waals surface area contributed by atoms with E-state index in [0.29, 0.717) is 11.8 Å². The molecule has 0 heterocycles. The summed E-state index contributed by atoms with van der Waals surface area (Å²) in [5, 5.41) is 10.2. The molecule has 2 rings (SSSR count). The maximum absolute atomic E-state index is 10.2. The lowest BCUT2D eigenvalue weighted by Gasteiger charge is -2.27. The molecule has 0 aromatic heterocycles. The molecule has 0 fully saturated rings. The van der Waals surface area contributed by atoms with Crippen molar-refractivity contribution in [2.45, 2.75) is 64.4 Å². The van der Waals surface area contributed by atoms with E-state index in [1.807, 2.05) is 0 Å². The lowest BCUT2D eigenvalue weighted by atomic mass is 9.79. The standard InChI is InChI=1S/C17H26O/c1-13(2)10-11-16(18)12-15-8-5-7-14-6-3-4-9-17(14)15/h3-4,6,9,13,15-16,18H,5,7-8,10-12H2,1-2H3. The Morgan fingerprint density at radius 1 is 1.22 bits per heavy atom. The van der Waals surface area contributed by atoms with Gasteiger partial charge in [0.15, 0.2) is 0 Å². The number of aliphatic hydroxyl groups excluding tert-OH is 1. The zero-order valence-electron chi connectivity index (χ0n) is 11.7. The predicted molar refractivity (Wildman–Crippen MR) is 76.8 cm³/mol. The van der Waals surface area contributed by atoms with Gasteiger partial charge in [-0.05, 0) is 61.5 Å². The van der Waals surface area contributed by atoms with Crippen LogP contribution in [0.1, 0.15) is 63.0 Å². The minimum absolute atomic E-state index is 0.122. The smallest absolute Gasteiger partial charge is 0.0546 e. The van der Waals surface area contributed by atoms with Crippen LogP contribution in [0.4, 0.5) is 0 Å². The number of hydrogen-bond donors (Lipinski definition) is 1. The van der Waals surface area contributed by atoms with Gasteiger partial charge in [0.05, 0.1) is 6.10 Å². The van der Waals surface area contributed by atoms with Gasteiger partial charge in [-0.3, -0.25) is 0 Å². The molecule has 1 N–H and O–H groups in total. The Bertz CT molecular complexity index is 370. The van der Waals surface area contributed by atoms with E-state index in [1.54, 1.807) is 0 Å². The van der Waals surface area contributed by atoms with Crippen LogP contribution in [0.25, 0.3) is 0 Å². The van der Waals surface area contributed by atoms with Gasteiger partial charge in [-0.1, -0.05) is 38.1 Å². The molecule has 100 valence electrons. The first-order chi connectivity index (χ1) is 8.66. The van der Waals surface area contributed by atoms with Gasteiger partial charge in [0, 0.05) is 0 Å². The SMILES string of the molecule is CC(C)CCC(O)CC1CCCc2ccccc21. The number of fused-ring (bicyclic) bond motifs is 1. The molecule has 1 aliphatic rings. The zero-order chi connectivity index (χ0) is 13.0. The Hall–Kier alpha value is -0.820. The topological polar surface area (TPSA) is 20.2 Å². The molecule has 0 saturated heterocycles. The summed E-state index contributed by atoms with van der Waals surface area (Å²) in [5.74, 6) is 1.27. The van der Waals surface area contributed by atoms with Crippen molar-refractivity contribution in [2.75, 3.05) is 0 Å². The van der Waals surface area contributed by atoms with Gasteiger partial charge in [-0.25, -0.2) is 0 Å². The van der Waals surface area contributed by atoms with Crippen LogP contribution in [0, 0.1) is 5.92 Å². The molecule has 0 amide bonds. The molecule has 1 nitrogen and oxygen atoms in total. The zero-order valence-corrected chi connectivity index (χ0v) is 11.7. The Labute approximate surface area is 111 Å². The van der Waals surface area contributed by atoms with Crippen LogP contribution in [-0.4, -0.2) is 11.2 Å². The minimum Gasteiger partial charge on any atom is -0.393 e. The van der Waals surface area contributed by atoms with Crippen molar-refractivity contribution < 1.29 is 5.11 Å². The van der Waals surface area contributed by atoms with Crippen LogP contribution < -0.4 is 0 Å². The van der Waals surface area contributed by atoms with Crippen molar-refractivity contribution in [3.63, 3.8) is 0 Å². The van der Waals surface area contributed by atoms with Crippen molar-refractivity contribution >= 4 is 0 Å². The highest BCUT2D eigenvalue weighted by Gasteiger charge is 2.22. The molecule has 2 unspecified atom stereocenters. The average molecular weight is 246 g/mol. The number of aryl methyl sites for hydroxylation is 1. The van der Waals surface area contributed by atoms with Gasteiger partial charge in [-0.2, -0.15) is 0 Å². The number of aliphatic hydroxyl groups is 1. The molecular formula is C17H26O. The van der Waals surface area contributed by atoms with Gasteiger partial charge in [-0.15, -0.1) is 0 Å². The Morgan fingerprint density at radius 2 is 2.00 bits per heavy atom. The first-order valence-electron chi connectivity index (χ1n) is 7.42. The van der Waals surface area contributed by atoms with Crippen molar-refractivity contribution in [2.24, 2.45) is 5.92 Å². The van der Waals surface area contributed by atoms with E-state index in [9.17, 15) is 5.11 Å². The van der Waals surface area contributed by atoms with Crippen LogP contribution in [0.15, 0.2) is 24.3 Å². The fourth-order valence-electron chi connectivity index (χ4n) is 3.07. The van der Waals surface area contributed by atoms with Crippen molar-refractivity contribution in [1.29, 1.82) is 0 Å². The lowest BCUT2D eigenvalue weighted by molar-refractivity contribution is 0.135. The van der Waals surface area contributed by atoms with E-state index in [1.165, 1.54) is 30.4 Å². The summed E-state index contributed by atoms with van der Waals surface area (Å²) in [6, 6.07) is 8.78. The molecule has 0 aliphatic heterocycles. The summed E-state index contributed by atoms with van der Waals surface area (Å²) in [6.07, 6.45) is 6.65. The number of benzene rings is 1. The maximum Gasteiger partial charge on any atom is 0.0546 e. The molecule has 0 saturated carbocycles. The fraction of sp³-hybridized carbons (Fsp3) is 0.647. The van der Waals surface area contributed by atoms with E-state index < -0.39 is 0 Å². The summed E-state index contributed by atoms with van der Waals surface area (Å²) in [4.78, 5) is 0. The molecule has 2 atom stereocenters. The van der Waals surface area contributed by atoms with E-state index in [2.05, 4.69) is 38.1 Å². The molecule has 1 aliphatic carbocycles. The van der Waals surface area contributed by atoms with E-state index in [0.717, 1.165) is 19.3 Å². The lowest BCUT2D eigenvalue weighted by Crippen LogP contribution is -2.17. The molecule has 18 heavy (non-hydrogen) atoms. The normalized spacial score (nSPS) is 20.8. The molecule has 0 radical (unpaired) electrons. The van der Waals surface area contributed by atoms with Crippen molar-refractivity contribution in [1.82, 2.24) is 0 Å². The van der Waals surface area contributed by atoms with Crippen LogP contribution in [0.5, 0.6) is 0 Å². The molecule has 0 bridgehead atoms. The maximum atomic E-state index is 10.2. The van der Waals surface area contributed by atoms with Crippen LogP contribution in [0.2, 0.25) is 0 Å². The average Bonchev–Trinajstić information content (AvgIpc) is 2.37. The summed E-state index contributed by atoms with van der Waals surface area (Å²) in [6.45, 7) is 4.45. The summed E-state index contributed by atoms with van der Waals surface area (Å²) < 4.78 is 0. The third-order valence-electron chi connectivity index (χ3n) is 4.13. The highest BCUT2D eigenvalue weighted by atomic mass is 16.3. The molecule has 1 aromatic carbocycles. The first-order valence-corrected chi connectivity index (χ1v) is 7.42. The van der Waals surface area contributed by atoms with E-state index in [-0.39, 0.29) is 6.10 Å². The van der Waals surface area contributed by atoms with Crippen LogP contribution >= 0.6 is 0 Å². The summed E-state index contributed by atoms with van der Waals surface area (Å²) in [5.41, 5.74) is 3.00. The van der Waals surface area contributed by atoms with Gasteiger partial charge in [0.1, 0.15) is 0 Å². The van der Waals surface area contributed by atoms with Gasteiger partial charge >= 0.3 is 0 Å². The number of hydrogen-bond acceptors (Lipinski definition) is 1. The summed E-state index contributed by atoms with van der Waals surface area (Å²) in [7, 11) is 0. The predicted octanol–water partition coefficient (Wildman–Crippen LogP) is 4.29. The van der Waals surface area contributed by atoms with Crippen molar-refractivity contribution in [3.8, 4) is 0 Å². The highest BCUT2D eigenvalue weighted by molar-refractivity contribution is 5.32. The number of rotatable bonds is 5. The third kappa shape index (κ3) is 3.58. The van der Waals surface area contributed by atoms with Crippen LogP contribution in [0.3, 0.4) is 0 Å². The Kier molecular flexibility index (Phi) is 4.82. The van der Waals surface area contributed by atoms with Crippen molar-refractivity contribution in [3.05, 3.63) is 35.4 Å². The highest BCUT2D eigenvalue weighted by Crippen LogP contribution is 2.35. The van der Waals surface area contributed by atoms with E-state index >= 15 is 0 Å². The minimum atomic E-state index is -0.122. The monoisotopic (exact) mass is 246 g/mol. The Morgan fingerprint density at radius 3 is 2.78 bits per heavy atom. The second-order valence-corrected chi connectivity index (χ2v) is 6.15. The van der Waals surface area contributed by atoms with Gasteiger partial charge < -0.3 is 5.11 Å². The second-order valence-electron chi connectivity index (χ2n) is 6.15. The van der Waals surface area contributed by atoms with Gasteiger partial charge in [0.25, 0.3) is 0 Å². The van der Waals surface area contributed by atoms with E-state index in [4.69, 9.17) is 0 Å².